The van der Waals surface area contributed by atoms with E-state index >= 15 is 0 Å². The van der Waals surface area contributed by atoms with Crippen LogP contribution in [-0.4, -0.2) is 30.8 Å². The molecule has 1 aromatic carbocycles. The molecule has 4 rings (SSSR count). The van der Waals surface area contributed by atoms with Crippen molar-refractivity contribution >= 4 is 45.7 Å². The predicted octanol–water partition coefficient (Wildman–Crippen LogP) is 3.70. The average molecular weight is 442 g/mol. The number of nitrogens with one attached hydrogen (secondary N) is 1. The first-order valence-corrected chi connectivity index (χ1v) is 11.8. The molecule has 0 fully saturated rings. The molecule has 3 heterocycles. The molecule has 0 aliphatic heterocycles. The van der Waals surface area contributed by atoms with E-state index in [0.29, 0.717) is 29.4 Å². The molecular weight excluding hydrogens is 418 g/mol. The van der Waals surface area contributed by atoms with Gasteiger partial charge in [0.1, 0.15) is 0 Å². The molecule has 0 saturated carbocycles. The number of para-hydroxylation sites is 1. The van der Waals surface area contributed by atoms with Gasteiger partial charge in [0.15, 0.2) is 5.16 Å². The van der Waals surface area contributed by atoms with E-state index in [4.69, 9.17) is 0 Å². The fraction of sp³-hybridized carbons (Fsp3) is 0.333. The second-order valence-corrected chi connectivity index (χ2v) is 8.92. The Balaban J connectivity index is 1.61. The molecule has 0 bridgehead atoms. The van der Waals surface area contributed by atoms with Gasteiger partial charge in [-0.1, -0.05) is 49.7 Å². The third kappa shape index (κ3) is 4.27. The van der Waals surface area contributed by atoms with E-state index in [1.54, 1.807) is 15.9 Å². The SMILES string of the molecule is CCCCCn1c(=O)c2ccccc2n2c(SCC(=O)NCc3cccs3)nnc12. The molecule has 0 aliphatic carbocycles. The van der Waals surface area contributed by atoms with Gasteiger partial charge >= 0.3 is 0 Å². The van der Waals surface area contributed by atoms with Crippen LogP contribution in [0.5, 0.6) is 0 Å². The maximum atomic E-state index is 13.0. The van der Waals surface area contributed by atoms with Gasteiger partial charge in [0.05, 0.1) is 23.2 Å². The Morgan fingerprint density at radius 1 is 1.17 bits per heavy atom. The second-order valence-electron chi connectivity index (χ2n) is 6.94. The number of rotatable bonds is 9. The highest BCUT2D eigenvalue weighted by Gasteiger charge is 2.17. The van der Waals surface area contributed by atoms with Crippen molar-refractivity contribution in [2.24, 2.45) is 0 Å². The van der Waals surface area contributed by atoms with Crippen LogP contribution in [0, 0.1) is 0 Å². The van der Waals surface area contributed by atoms with E-state index in [1.165, 1.54) is 11.8 Å². The molecule has 1 N–H and O–H groups in total. The van der Waals surface area contributed by atoms with E-state index in [1.807, 2.05) is 46.2 Å². The minimum atomic E-state index is -0.0641. The Labute approximate surface area is 182 Å². The van der Waals surface area contributed by atoms with Crippen molar-refractivity contribution in [3.05, 3.63) is 57.0 Å². The number of hydrogen-bond acceptors (Lipinski definition) is 6. The Morgan fingerprint density at radius 2 is 2.03 bits per heavy atom. The molecule has 0 aliphatic rings. The molecule has 0 spiro atoms. The Hall–Kier alpha value is -2.65. The van der Waals surface area contributed by atoms with Gasteiger partial charge in [0.2, 0.25) is 11.7 Å². The topological polar surface area (TPSA) is 81.3 Å². The molecule has 0 radical (unpaired) electrons. The smallest absolute Gasteiger partial charge is 0.262 e. The Morgan fingerprint density at radius 3 is 2.83 bits per heavy atom. The molecule has 156 valence electrons. The lowest BCUT2D eigenvalue weighted by Crippen LogP contribution is -2.24. The van der Waals surface area contributed by atoms with Crippen molar-refractivity contribution in [2.45, 2.75) is 44.4 Å². The monoisotopic (exact) mass is 441 g/mol. The lowest BCUT2D eigenvalue weighted by molar-refractivity contribution is -0.118. The van der Waals surface area contributed by atoms with Crippen LogP contribution in [0.2, 0.25) is 0 Å². The second kappa shape index (κ2) is 9.44. The van der Waals surface area contributed by atoms with E-state index in [0.717, 1.165) is 29.7 Å². The van der Waals surface area contributed by atoms with Crippen molar-refractivity contribution in [2.75, 3.05) is 5.75 Å². The fourth-order valence-electron chi connectivity index (χ4n) is 3.33. The van der Waals surface area contributed by atoms with Crippen LogP contribution < -0.4 is 10.9 Å². The Kier molecular flexibility index (Phi) is 6.49. The summed E-state index contributed by atoms with van der Waals surface area (Å²) in [7, 11) is 0. The summed E-state index contributed by atoms with van der Waals surface area (Å²) in [6.07, 6.45) is 3.03. The average Bonchev–Trinajstić information content (AvgIpc) is 3.43. The lowest BCUT2D eigenvalue weighted by atomic mass is 10.2. The third-order valence-electron chi connectivity index (χ3n) is 4.84. The summed E-state index contributed by atoms with van der Waals surface area (Å²) < 4.78 is 3.59. The molecule has 0 atom stereocenters. The number of carbonyl (C=O) groups is 1. The van der Waals surface area contributed by atoms with Crippen molar-refractivity contribution in [1.29, 1.82) is 0 Å². The minimum absolute atomic E-state index is 0.0492. The van der Waals surface area contributed by atoms with Crippen LogP contribution in [0.1, 0.15) is 31.1 Å². The first-order chi connectivity index (χ1) is 14.7. The van der Waals surface area contributed by atoms with Gasteiger partial charge in [-0.25, -0.2) is 0 Å². The van der Waals surface area contributed by atoms with E-state index < -0.39 is 0 Å². The number of nitrogens with zero attached hydrogens (tertiary/aromatic N) is 4. The van der Waals surface area contributed by atoms with Gasteiger partial charge in [0, 0.05) is 11.4 Å². The van der Waals surface area contributed by atoms with Crippen molar-refractivity contribution in [1.82, 2.24) is 24.5 Å². The maximum absolute atomic E-state index is 13.0. The summed E-state index contributed by atoms with van der Waals surface area (Å²) in [5.41, 5.74) is 0.711. The lowest BCUT2D eigenvalue weighted by Gasteiger charge is -2.11. The van der Waals surface area contributed by atoms with Gasteiger partial charge < -0.3 is 5.32 Å². The summed E-state index contributed by atoms with van der Waals surface area (Å²) in [4.78, 5) is 26.4. The van der Waals surface area contributed by atoms with E-state index in [2.05, 4.69) is 22.4 Å². The maximum Gasteiger partial charge on any atom is 0.262 e. The van der Waals surface area contributed by atoms with Crippen LogP contribution in [0.15, 0.2) is 51.7 Å². The molecule has 4 aromatic rings. The standard InChI is InChI=1S/C21H23N5O2S2/c1-2-3-6-11-25-19(28)16-9-4-5-10-17(16)26-20(25)23-24-21(26)30-14-18(27)22-13-15-8-7-12-29-15/h4-5,7-10,12H,2-3,6,11,13-14H2,1H3,(H,22,27). The van der Waals surface area contributed by atoms with Crippen molar-refractivity contribution in [3.8, 4) is 0 Å². The zero-order chi connectivity index (χ0) is 20.9. The normalized spacial score (nSPS) is 11.4. The number of hydrogen-bond donors (Lipinski definition) is 1. The van der Waals surface area contributed by atoms with Crippen LogP contribution >= 0.6 is 23.1 Å². The molecule has 1 amide bonds. The number of amides is 1. The molecule has 0 unspecified atom stereocenters. The molecule has 9 heteroatoms. The molecule has 30 heavy (non-hydrogen) atoms. The zero-order valence-electron chi connectivity index (χ0n) is 16.7. The summed E-state index contributed by atoms with van der Waals surface area (Å²) in [5, 5.41) is 14.7. The predicted molar refractivity (Wildman–Crippen MR) is 121 cm³/mol. The van der Waals surface area contributed by atoms with Crippen LogP contribution in [-0.2, 0) is 17.9 Å². The van der Waals surface area contributed by atoms with E-state index in [9.17, 15) is 9.59 Å². The summed E-state index contributed by atoms with van der Waals surface area (Å²) in [5.74, 6) is 0.692. The number of thioether (sulfide) groups is 1. The summed E-state index contributed by atoms with van der Waals surface area (Å²) in [6, 6.07) is 11.4. The zero-order valence-corrected chi connectivity index (χ0v) is 18.3. The van der Waals surface area contributed by atoms with Gasteiger partial charge in [0.25, 0.3) is 5.56 Å². The molecule has 0 saturated heterocycles. The fourth-order valence-corrected chi connectivity index (χ4v) is 4.74. The first kappa shape index (κ1) is 20.6. The summed E-state index contributed by atoms with van der Waals surface area (Å²) in [6.45, 7) is 3.26. The number of carbonyl (C=O) groups excluding carboxylic acids is 1. The highest BCUT2D eigenvalue weighted by molar-refractivity contribution is 7.99. The highest BCUT2D eigenvalue weighted by Crippen LogP contribution is 2.21. The Bertz CT molecular complexity index is 1210. The third-order valence-corrected chi connectivity index (χ3v) is 6.64. The van der Waals surface area contributed by atoms with Gasteiger partial charge in [-0.3, -0.25) is 18.6 Å². The van der Waals surface area contributed by atoms with Gasteiger partial charge in [-0.05, 0) is 30.0 Å². The quantitative estimate of drug-likeness (QED) is 0.316. The number of aromatic nitrogens is 4. The summed E-state index contributed by atoms with van der Waals surface area (Å²) >= 11 is 2.94. The van der Waals surface area contributed by atoms with Gasteiger partial charge in [-0.15, -0.1) is 21.5 Å². The molecule has 3 aromatic heterocycles. The minimum Gasteiger partial charge on any atom is -0.350 e. The van der Waals surface area contributed by atoms with Crippen LogP contribution in [0.4, 0.5) is 0 Å². The highest BCUT2D eigenvalue weighted by atomic mass is 32.2. The van der Waals surface area contributed by atoms with Crippen molar-refractivity contribution < 1.29 is 4.79 Å². The first-order valence-electron chi connectivity index (χ1n) is 9.97. The van der Waals surface area contributed by atoms with E-state index in [-0.39, 0.29) is 17.2 Å². The van der Waals surface area contributed by atoms with Crippen LogP contribution in [0.3, 0.4) is 0 Å². The van der Waals surface area contributed by atoms with Crippen LogP contribution in [0.25, 0.3) is 16.7 Å². The van der Waals surface area contributed by atoms with Crippen molar-refractivity contribution in [3.63, 3.8) is 0 Å². The molecule has 7 nitrogen and oxygen atoms in total. The number of benzene rings is 1. The number of thiophene rings is 1. The van der Waals surface area contributed by atoms with Gasteiger partial charge in [-0.2, -0.15) is 0 Å². The molecular formula is C21H23N5O2S2. The largest absolute Gasteiger partial charge is 0.350 e. The number of aryl methyl sites for hydroxylation is 1. The number of fused-ring (bicyclic) bond motifs is 3. The number of unbranched alkanes of at least 4 members (excludes halogenated alkanes) is 2.